The maximum atomic E-state index is 12.5. The number of carbonyl (C=O) groups is 2. The second-order valence-electron chi connectivity index (χ2n) is 5.53. The Labute approximate surface area is 133 Å². The first-order valence-corrected chi connectivity index (χ1v) is 7.65. The number of amides is 1. The third-order valence-electron chi connectivity index (χ3n) is 4.06. The summed E-state index contributed by atoms with van der Waals surface area (Å²) >= 11 is 0. The van der Waals surface area contributed by atoms with Crippen molar-refractivity contribution in [2.45, 2.75) is 32.2 Å². The molecule has 1 aliphatic rings. The molecule has 0 radical (unpaired) electrons. The number of hydrogen-bond acceptors (Lipinski definition) is 4. The zero-order chi connectivity index (χ0) is 16.4. The molecule has 1 aromatic carbocycles. The fraction of sp³-hybridized carbons (Fsp3) is 0.375. The Morgan fingerprint density at radius 1 is 1.35 bits per heavy atom. The summed E-state index contributed by atoms with van der Waals surface area (Å²) in [5, 5.41) is 16.2. The predicted molar refractivity (Wildman–Crippen MR) is 82.9 cm³/mol. The molecule has 1 atom stereocenters. The quantitative estimate of drug-likeness (QED) is 0.895. The number of nitrogens with one attached hydrogen (secondary N) is 1. The van der Waals surface area contributed by atoms with Crippen LogP contribution in [0.4, 0.5) is 0 Å². The van der Waals surface area contributed by atoms with Crippen LogP contribution >= 0.6 is 0 Å². The maximum absolute atomic E-state index is 12.5. The first-order chi connectivity index (χ1) is 11.1. The molecule has 7 heteroatoms. The molecule has 1 fully saturated rings. The standard InChI is InChI=1S/C16H18N4O3/c1-2-13-17-14(19-18-13)10-5-7-11(8-6-10)15(21)20-9-3-4-12(20)16(22)23/h5-8,12H,2-4,9H2,1H3,(H,22,23)(H,17,18,19)/t12-/m0/s1. The number of carboxylic acids is 1. The molecular formula is C16H18N4O3. The van der Waals surface area contributed by atoms with Crippen LogP contribution in [0.2, 0.25) is 0 Å². The van der Waals surface area contributed by atoms with E-state index in [1.54, 1.807) is 24.3 Å². The Kier molecular flexibility index (Phi) is 4.10. The Bertz CT molecular complexity index is 723. The topological polar surface area (TPSA) is 99.2 Å². The summed E-state index contributed by atoms with van der Waals surface area (Å²) in [5.41, 5.74) is 1.29. The number of benzene rings is 1. The van der Waals surface area contributed by atoms with Crippen molar-refractivity contribution in [2.75, 3.05) is 6.54 Å². The molecule has 0 bridgehead atoms. The molecule has 2 N–H and O–H groups in total. The van der Waals surface area contributed by atoms with E-state index in [0.29, 0.717) is 24.4 Å². The number of aromatic nitrogens is 3. The highest BCUT2D eigenvalue weighted by molar-refractivity contribution is 5.97. The number of aromatic amines is 1. The Balaban J connectivity index is 1.79. The molecule has 1 saturated heterocycles. The van der Waals surface area contributed by atoms with Gasteiger partial charge >= 0.3 is 5.97 Å². The number of carboxylic acid groups (broad SMARTS) is 1. The largest absolute Gasteiger partial charge is 0.480 e. The van der Waals surface area contributed by atoms with Crippen LogP contribution in [0.25, 0.3) is 11.4 Å². The van der Waals surface area contributed by atoms with Gasteiger partial charge in [-0.2, -0.15) is 5.10 Å². The number of rotatable bonds is 4. The zero-order valence-corrected chi connectivity index (χ0v) is 12.8. The van der Waals surface area contributed by atoms with Gasteiger partial charge in [-0.25, -0.2) is 9.78 Å². The average Bonchev–Trinajstić information content (AvgIpc) is 3.23. The van der Waals surface area contributed by atoms with Crippen LogP contribution in [0.5, 0.6) is 0 Å². The maximum Gasteiger partial charge on any atom is 0.326 e. The fourth-order valence-corrected chi connectivity index (χ4v) is 2.78. The molecular weight excluding hydrogens is 296 g/mol. The van der Waals surface area contributed by atoms with Crippen LogP contribution in [-0.2, 0) is 11.2 Å². The minimum atomic E-state index is -0.944. The summed E-state index contributed by atoms with van der Waals surface area (Å²) in [4.78, 5) is 29.5. The van der Waals surface area contributed by atoms with Crippen LogP contribution < -0.4 is 0 Å². The van der Waals surface area contributed by atoms with Gasteiger partial charge in [0, 0.05) is 24.1 Å². The number of aliphatic carboxylic acids is 1. The van der Waals surface area contributed by atoms with Crippen LogP contribution in [0.1, 0.15) is 35.9 Å². The highest BCUT2D eigenvalue weighted by Crippen LogP contribution is 2.22. The van der Waals surface area contributed by atoms with E-state index < -0.39 is 12.0 Å². The minimum absolute atomic E-state index is 0.245. The lowest BCUT2D eigenvalue weighted by molar-refractivity contribution is -0.141. The van der Waals surface area contributed by atoms with Crippen molar-refractivity contribution in [2.24, 2.45) is 0 Å². The molecule has 3 rings (SSSR count). The van der Waals surface area contributed by atoms with E-state index in [2.05, 4.69) is 15.2 Å². The summed E-state index contributed by atoms with van der Waals surface area (Å²) in [6.07, 6.45) is 2.00. The molecule has 1 aromatic heterocycles. The second kappa shape index (κ2) is 6.20. The monoisotopic (exact) mass is 314 g/mol. The smallest absolute Gasteiger partial charge is 0.326 e. The molecule has 0 spiro atoms. The van der Waals surface area contributed by atoms with E-state index in [9.17, 15) is 14.7 Å². The predicted octanol–water partition coefficient (Wildman–Crippen LogP) is 1.72. The van der Waals surface area contributed by atoms with Gasteiger partial charge in [-0.3, -0.25) is 9.89 Å². The molecule has 0 aliphatic carbocycles. The van der Waals surface area contributed by atoms with Gasteiger partial charge in [0.2, 0.25) is 0 Å². The highest BCUT2D eigenvalue weighted by atomic mass is 16.4. The SMILES string of the molecule is CCc1nc(-c2ccc(C(=O)N3CCC[C@H]3C(=O)O)cc2)n[nH]1. The van der Waals surface area contributed by atoms with Gasteiger partial charge in [0.05, 0.1) is 0 Å². The number of carbonyl (C=O) groups excluding carboxylic acids is 1. The highest BCUT2D eigenvalue weighted by Gasteiger charge is 2.34. The number of nitrogens with zero attached hydrogens (tertiary/aromatic N) is 3. The van der Waals surface area contributed by atoms with Crippen molar-refractivity contribution in [1.29, 1.82) is 0 Å². The molecule has 120 valence electrons. The Morgan fingerprint density at radius 3 is 2.70 bits per heavy atom. The summed E-state index contributed by atoms with van der Waals surface area (Å²) in [6.45, 7) is 2.47. The average molecular weight is 314 g/mol. The van der Waals surface area contributed by atoms with E-state index in [1.165, 1.54) is 4.90 Å². The van der Waals surface area contributed by atoms with Gasteiger partial charge in [-0.05, 0) is 25.0 Å². The van der Waals surface area contributed by atoms with Gasteiger partial charge in [0.1, 0.15) is 11.9 Å². The number of H-pyrrole nitrogens is 1. The van der Waals surface area contributed by atoms with Gasteiger partial charge in [-0.1, -0.05) is 19.1 Å². The minimum Gasteiger partial charge on any atom is -0.480 e. The van der Waals surface area contributed by atoms with Crippen molar-refractivity contribution in [1.82, 2.24) is 20.1 Å². The molecule has 0 saturated carbocycles. The van der Waals surface area contributed by atoms with Gasteiger partial charge in [0.15, 0.2) is 5.82 Å². The Hall–Kier alpha value is -2.70. The third-order valence-corrected chi connectivity index (χ3v) is 4.06. The molecule has 2 aromatic rings. The van der Waals surface area contributed by atoms with Crippen molar-refractivity contribution < 1.29 is 14.7 Å². The lowest BCUT2D eigenvalue weighted by atomic mass is 10.1. The molecule has 23 heavy (non-hydrogen) atoms. The van der Waals surface area contributed by atoms with Crippen LogP contribution in [0.15, 0.2) is 24.3 Å². The molecule has 7 nitrogen and oxygen atoms in total. The van der Waals surface area contributed by atoms with Gasteiger partial charge in [-0.15, -0.1) is 0 Å². The van der Waals surface area contributed by atoms with Crippen LogP contribution in [0.3, 0.4) is 0 Å². The Morgan fingerprint density at radius 2 is 2.09 bits per heavy atom. The van der Waals surface area contributed by atoms with Crippen molar-refractivity contribution >= 4 is 11.9 Å². The van der Waals surface area contributed by atoms with Crippen molar-refractivity contribution in [3.63, 3.8) is 0 Å². The lowest BCUT2D eigenvalue weighted by Crippen LogP contribution is -2.40. The van der Waals surface area contributed by atoms with E-state index in [4.69, 9.17) is 0 Å². The second-order valence-corrected chi connectivity index (χ2v) is 5.53. The first kappa shape index (κ1) is 15.2. The summed E-state index contributed by atoms with van der Waals surface area (Å²) in [6, 6.07) is 6.22. The first-order valence-electron chi connectivity index (χ1n) is 7.65. The summed E-state index contributed by atoms with van der Waals surface area (Å²) in [7, 11) is 0. The number of likely N-dealkylation sites (tertiary alicyclic amines) is 1. The summed E-state index contributed by atoms with van der Waals surface area (Å²) < 4.78 is 0. The van der Waals surface area contributed by atoms with E-state index in [1.807, 2.05) is 6.92 Å². The van der Waals surface area contributed by atoms with Gasteiger partial charge < -0.3 is 10.0 Å². The summed E-state index contributed by atoms with van der Waals surface area (Å²) in [5.74, 6) is 0.206. The normalized spacial score (nSPS) is 17.4. The van der Waals surface area contributed by atoms with Crippen LogP contribution in [0, 0.1) is 0 Å². The van der Waals surface area contributed by atoms with Crippen LogP contribution in [-0.4, -0.2) is 49.7 Å². The fourth-order valence-electron chi connectivity index (χ4n) is 2.78. The molecule has 1 amide bonds. The van der Waals surface area contributed by atoms with Crippen molar-refractivity contribution in [3.8, 4) is 11.4 Å². The molecule has 0 unspecified atom stereocenters. The zero-order valence-electron chi connectivity index (χ0n) is 12.8. The molecule has 1 aliphatic heterocycles. The van der Waals surface area contributed by atoms with E-state index in [-0.39, 0.29) is 5.91 Å². The third kappa shape index (κ3) is 2.94. The lowest BCUT2D eigenvalue weighted by Gasteiger charge is -2.21. The number of hydrogen-bond donors (Lipinski definition) is 2. The number of aryl methyl sites for hydroxylation is 1. The van der Waals surface area contributed by atoms with E-state index >= 15 is 0 Å². The van der Waals surface area contributed by atoms with Gasteiger partial charge in [0.25, 0.3) is 5.91 Å². The molecule has 2 heterocycles. The van der Waals surface area contributed by atoms with Crippen molar-refractivity contribution in [3.05, 3.63) is 35.7 Å². The van der Waals surface area contributed by atoms with E-state index in [0.717, 1.165) is 24.2 Å².